The van der Waals surface area contributed by atoms with E-state index in [1.54, 1.807) is 49.6 Å². The molecule has 3 aromatic rings. The van der Waals surface area contributed by atoms with E-state index in [0.29, 0.717) is 51.7 Å². The van der Waals surface area contributed by atoms with Crippen LogP contribution in [0.25, 0.3) is 0 Å². The maximum absolute atomic E-state index is 12.3. The molecule has 2 aromatic carbocycles. The van der Waals surface area contributed by atoms with Gasteiger partial charge in [0, 0.05) is 30.1 Å². The molecular weight excluding hydrogens is 485 g/mol. The zero-order valence-corrected chi connectivity index (χ0v) is 20.4. The second kappa shape index (κ2) is 11.9. The van der Waals surface area contributed by atoms with Crippen molar-refractivity contribution in [1.82, 2.24) is 20.1 Å². The second-order valence-corrected chi connectivity index (χ2v) is 8.62. The fraction of sp³-hybridized carbons (Fsp3) is 0.273. The van der Waals surface area contributed by atoms with Crippen molar-refractivity contribution in [3.63, 3.8) is 0 Å². The average Bonchev–Trinajstić information content (AvgIpc) is 3.21. The van der Waals surface area contributed by atoms with Gasteiger partial charge in [-0.25, -0.2) is 0 Å². The van der Waals surface area contributed by atoms with Crippen molar-refractivity contribution in [2.75, 3.05) is 24.7 Å². The fourth-order valence-corrected chi connectivity index (χ4v) is 4.24. The Balaban J connectivity index is 1.51. The number of aromatic nitrogens is 3. The van der Waals surface area contributed by atoms with Gasteiger partial charge in [0.15, 0.2) is 5.16 Å². The number of thioether (sulfide) groups is 1. The number of amides is 2. The molecule has 0 fully saturated rings. The summed E-state index contributed by atoms with van der Waals surface area (Å²) in [5.41, 5.74) is 1.05. The molecule has 174 valence electrons. The molecule has 0 atom stereocenters. The van der Waals surface area contributed by atoms with E-state index in [-0.39, 0.29) is 17.6 Å². The lowest BCUT2D eigenvalue weighted by Crippen LogP contribution is -2.26. The van der Waals surface area contributed by atoms with E-state index in [4.69, 9.17) is 27.9 Å². The van der Waals surface area contributed by atoms with E-state index in [2.05, 4.69) is 20.8 Å². The lowest BCUT2D eigenvalue weighted by Gasteiger charge is -2.09. The number of carbonyl (C=O) groups excluding carboxylic acids is 2. The number of carbonyl (C=O) groups is 2. The van der Waals surface area contributed by atoms with Gasteiger partial charge in [0.25, 0.3) is 5.91 Å². The van der Waals surface area contributed by atoms with Gasteiger partial charge < -0.3 is 19.9 Å². The summed E-state index contributed by atoms with van der Waals surface area (Å²) < 4.78 is 7.03. The number of hydrogen-bond donors (Lipinski definition) is 2. The van der Waals surface area contributed by atoms with Crippen LogP contribution >= 0.6 is 35.0 Å². The van der Waals surface area contributed by atoms with Gasteiger partial charge in [-0.1, -0.05) is 35.0 Å². The molecule has 0 saturated carbocycles. The van der Waals surface area contributed by atoms with Gasteiger partial charge in [0.2, 0.25) is 5.91 Å². The summed E-state index contributed by atoms with van der Waals surface area (Å²) in [6, 6.07) is 11.8. The first kappa shape index (κ1) is 24.9. The number of methoxy groups -OCH3 is 1. The SMILES string of the molecule is CCn1c(CCNC(=O)c2ccc(OC)cc2)nnc1SCC(=O)Nc1ccc(Cl)cc1Cl. The summed E-state index contributed by atoms with van der Waals surface area (Å²) in [5.74, 6) is 1.18. The Hall–Kier alpha value is -2.75. The predicted octanol–water partition coefficient (Wildman–Crippen LogP) is 4.32. The molecule has 3 rings (SSSR count). The van der Waals surface area contributed by atoms with Crippen LogP contribution in [-0.2, 0) is 17.8 Å². The molecule has 0 unspecified atom stereocenters. The van der Waals surface area contributed by atoms with Crippen molar-refractivity contribution >= 4 is 52.5 Å². The topological polar surface area (TPSA) is 98.1 Å². The highest BCUT2D eigenvalue weighted by Gasteiger charge is 2.14. The molecule has 0 radical (unpaired) electrons. The minimum atomic E-state index is -0.219. The van der Waals surface area contributed by atoms with Gasteiger partial charge in [-0.15, -0.1) is 10.2 Å². The highest BCUT2D eigenvalue weighted by molar-refractivity contribution is 7.99. The van der Waals surface area contributed by atoms with E-state index in [0.717, 1.165) is 5.82 Å². The number of halogens is 2. The molecule has 0 aliphatic rings. The van der Waals surface area contributed by atoms with Crippen molar-refractivity contribution in [2.24, 2.45) is 0 Å². The van der Waals surface area contributed by atoms with Crippen LogP contribution in [0.1, 0.15) is 23.1 Å². The number of ether oxygens (including phenoxy) is 1. The highest BCUT2D eigenvalue weighted by Crippen LogP contribution is 2.26. The number of anilines is 1. The van der Waals surface area contributed by atoms with Gasteiger partial charge in [0.05, 0.1) is 23.6 Å². The van der Waals surface area contributed by atoms with Crippen LogP contribution < -0.4 is 15.4 Å². The third kappa shape index (κ3) is 6.86. The van der Waals surface area contributed by atoms with Gasteiger partial charge in [-0.3, -0.25) is 9.59 Å². The first-order valence-electron chi connectivity index (χ1n) is 10.1. The molecule has 33 heavy (non-hydrogen) atoms. The zero-order valence-electron chi connectivity index (χ0n) is 18.1. The largest absolute Gasteiger partial charge is 0.497 e. The molecular formula is C22H23Cl2N5O3S. The van der Waals surface area contributed by atoms with Crippen LogP contribution in [0.2, 0.25) is 10.0 Å². The summed E-state index contributed by atoms with van der Waals surface area (Å²) in [6.45, 7) is 3.02. The minimum Gasteiger partial charge on any atom is -0.497 e. The van der Waals surface area contributed by atoms with Crippen LogP contribution in [0, 0.1) is 0 Å². The molecule has 0 saturated heterocycles. The van der Waals surface area contributed by atoms with E-state index < -0.39 is 0 Å². The standard InChI is InChI=1S/C22H23Cl2N5O3S/c1-3-29-19(10-11-25-21(31)14-4-7-16(32-2)8-5-14)27-28-22(29)33-13-20(30)26-18-9-6-15(23)12-17(18)24/h4-9,12H,3,10-11,13H2,1-2H3,(H,25,31)(H,26,30). The third-order valence-electron chi connectivity index (χ3n) is 4.63. The van der Waals surface area contributed by atoms with Crippen LogP contribution in [-0.4, -0.2) is 46.0 Å². The summed E-state index contributed by atoms with van der Waals surface area (Å²) in [4.78, 5) is 24.6. The van der Waals surface area contributed by atoms with Crippen molar-refractivity contribution in [1.29, 1.82) is 0 Å². The Morgan fingerprint density at radius 2 is 1.88 bits per heavy atom. The molecule has 0 spiro atoms. The van der Waals surface area contributed by atoms with E-state index in [1.807, 2.05) is 11.5 Å². The lowest BCUT2D eigenvalue weighted by molar-refractivity contribution is -0.113. The highest BCUT2D eigenvalue weighted by atomic mass is 35.5. The quantitative estimate of drug-likeness (QED) is 0.396. The predicted molar refractivity (Wildman–Crippen MR) is 131 cm³/mol. The molecule has 11 heteroatoms. The summed E-state index contributed by atoms with van der Waals surface area (Å²) in [5, 5.41) is 15.6. The first-order valence-corrected chi connectivity index (χ1v) is 11.9. The van der Waals surface area contributed by atoms with Gasteiger partial charge in [0.1, 0.15) is 11.6 Å². The Kier molecular flexibility index (Phi) is 8.99. The van der Waals surface area contributed by atoms with E-state index >= 15 is 0 Å². The Labute approximate surface area is 206 Å². The number of nitrogens with zero attached hydrogens (tertiary/aromatic N) is 3. The smallest absolute Gasteiger partial charge is 0.251 e. The molecule has 8 nitrogen and oxygen atoms in total. The number of benzene rings is 2. The fourth-order valence-electron chi connectivity index (χ4n) is 2.97. The molecule has 1 aromatic heterocycles. The van der Waals surface area contributed by atoms with Crippen LogP contribution in [0.15, 0.2) is 47.6 Å². The van der Waals surface area contributed by atoms with Crippen molar-refractivity contribution < 1.29 is 14.3 Å². The number of nitrogens with one attached hydrogen (secondary N) is 2. The van der Waals surface area contributed by atoms with Crippen LogP contribution in [0.4, 0.5) is 5.69 Å². The Morgan fingerprint density at radius 1 is 1.12 bits per heavy atom. The van der Waals surface area contributed by atoms with Gasteiger partial charge in [-0.2, -0.15) is 0 Å². The van der Waals surface area contributed by atoms with Crippen molar-refractivity contribution in [3.8, 4) is 5.75 Å². The summed E-state index contributed by atoms with van der Waals surface area (Å²) in [7, 11) is 1.58. The van der Waals surface area contributed by atoms with E-state index in [1.165, 1.54) is 11.8 Å². The second-order valence-electron chi connectivity index (χ2n) is 6.84. The monoisotopic (exact) mass is 507 g/mol. The molecule has 2 N–H and O–H groups in total. The zero-order chi connectivity index (χ0) is 23.8. The molecule has 1 heterocycles. The maximum atomic E-state index is 12.3. The van der Waals surface area contributed by atoms with Gasteiger partial charge >= 0.3 is 0 Å². The van der Waals surface area contributed by atoms with E-state index in [9.17, 15) is 9.59 Å². The summed E-state index contributed by atoms with van der Waals surface area (Å²) in [6.07, 6.45) is 0.510. The van der Waals surface area contributed by atoms with Crippen molar-refractivity contribution in [3.05, 3.63) is 63.9 Å². The summed E-state index contributed by atoms with van der Waals surface area (Å²) >= 11 is 13.3. The number of hydrogen-bond acceptors (Lipinski definition) is 6. The minimum absolute atomic E-state index is 0.144. The maximum Gasteiger partial charge on any atom is 0.251 e. The van der Waals surface area contributed by atoms with Gasteiger partial charge in [-0.05, 0) is 49.4 Å². The molecule has 0 aliphatic carbocycles. The normalized spacial score (nSPS) is 10.7. The van der Waals surface area contributed by atoms with Crippen LogP contribution in [0.3, 0.4) is 0 Å². The Bertz CT molecular complexity index is 1120. The van der Waals surface area contributed by atoms with Crippen molar-refractivity contribution in [2.45, 2.75) is 25.0 Å². The molecule has 0 bridgehead atoms. The first-order chi connectivity index (χ1) is 15.9. The molecule has 2 amide bonds. The lowest BCUT2D eigenvalue weighted by atomic mass is 10.2. The number of rotatable bonds is 10. The van der Waals surface area contributed by atoms with Crippen LogP contribution in [0.5, 0.6) is 5.75 Å². The Morgan fingerprint density at radius 3 is 2.55 bits per heavy atom. The molecule has 0 aliphatic heterocycles. The third-order valence-corrected chi connectivity index (χ3v) is 6.15. The average molecular weight is 508 g/mol.